The van der Waals surface area contributed by atoms with Gasteiger partial charge >= 0.3 is 6.01 Å². The van der Waals surface area contributed by atoms with E-state index in [1.165, 1.54) is 11.0 Å². The number of hydrogen-bond donors (Lipinski definition) is 0. The standard InChI is InChI=1S/C46H33N3O/c1-32(13-12-16-33-14-4-2-5-15-33)34-23-26-37(27-24-34)48(46-47-42-29-25-35-17-8-9-20-39(35)45(42)50-46)38-28-30-44-41(31-38)40-21-10-11-22-43(40)49(44)36-18-6-3-7-19-36/h2-14,16-31H,1,15H2/b13-12-,33-16-. The predicted molar refractivity (Wildman–Crippen MR) is 210 cm³/mol. The zero-order valence-electron chi connectivity index (χ0n) is 27.4. The lowest BCUT2D eigenvalue weighted by atomic mass is 10.0. The minimum absolute atomic E-state index is 0.509. The van der Waals surface area contributed by atoms with Crippen molar-refractivity contribution in [1.29, 1.82) is 0 Å². The Balaban J connectivity index is 1.17. The van der Waals surface area contributed by atoms with Crippen molar-refractivity contribution in [2.45, 2.75) is 6.42 Å². The van der Waals surface area contributed by atoms with Gasteiger partial charge < -0.3 is 8.98 Å². The molecule has 0 saturated heterocycles. The van der Waals surface area contributed by atoms with Gasteiger partial charge in [-0.05, 0) is 83.1 Å². The van der Waals surface area contributed by atoms with Crippen molar-refractivity contribution >= 4 is 66.6 Å². The maximum Gasteiger partial charge on any atom is 0.307 e. The average molecular weight is 644 g/mol. The van der Waals surface area contributed by atoms with Gasteiger partial charge in [-0.15, -0.1) is 0 Å². The van der Waals surface area contributed by atoms with Crippen LogP contribution >= 0.6 is 0 Å². The Morgan fingerprint density at radius 2 is 1.48 bits per heavy atom. The summed E-state index contributed by atoms with van der Waals surface area (Å²) in [7, 11) is 0. The van der Waals surface area contributed by atoms with Crippen LogP contribution in [0.5, 0.6) is 0 Å². The van der Waals surface area contributed by atoms with E-state index in [9.17, 15) is 0 Å². The lowest BCUT2D eigenvalue weighted by Crippen LogP contribution is -2.10. The molecule has 0 fully saturated rings. The van der Waals surface area contributed by atoms with Gasteiger partial charge in [-0.25, -0.2) is 0 Å². The minimum atomic E-state index is 0.509. The fourth-order valence-electron chi connectivity index (χ4n) is 6.93. The molecular weight excluding hydrogens is 611 g/mol. The van der Waals surface area contributed by atoms with Crippen molar-refractivity contribution in [1.82, 2.24) is 9.55 Å². The molecule has 0 atom stereocenters. The Kier molecular flexibility index (Phi) is 7.33. The largest absolute Gasteiger partial charge is 0.422 e. The number of rotatable bonds is 7. The van der Waals surface area contributed by atoms with Crippen molar-refractivity contribution in [2.75, 3.05) is 4.90 Å². The molecule has 0 radical (unpaired) electrons. The fraction of sp³-hybridized carbons (Fsp3) is 0.0217. The van der Waals surface area contributed by atoms with Gasteiger partial charge in [-0.2, -0.15) is 4.98 Å². The van der Waals surface area contributed by atoms with E-state index in [0.29, 0.717) is 6.01 Å². The summed E-state index contributed by atoms with van der Waals surface area (Å²) in [5, 5.41) is 4.50. The average Bonchev–Trinajstić information content (AvgIpc) is 3.75. The first kappa shape index (κ1) is 29.5. The van der Waals surface area contributed by atoms with Crippen LogP contribution in [0.1, 0.15) is 12.0 Å². The molecule has 0 N–H and O–H groups in total. The van der Waals surface area contributed by atoms with E-state index in [0.717, 1.165) is 72.9 Å². The molecule has 238 valence electrons. The first-order chi connectivity index (χ1) is 24.7. The van der Waals surface area contributed by atoms with Gasteiger partial charge in [0.2, 0.25) is 0 Å². The van der Waals surface area contributed by atoms with Crippen molar-refractivity contribution in [3.8, 4) is 5.69 Å². The molecule has 0 amide bonds. The van der Waals surface area contributed by atoms with Crippen molar-refractivity contribution in [3.63, 3.8) is 0 Å². The smallest absolute Gasteiger partial charge is 0.307 e. The summed E-state index contributed by atoms with van der Waals surface area (Å²) in [5.74, 6) is 0. The lowest BCUT2D eigenvalue weighted by Gasteiger charge is -2.22. The van der Waals surface area contributed by atoms with Crippen LogP contribution in [-0.2, 0) is 0 Å². The van der Waals surface area contributed by atoms with Crippen LogP contribution in [0.25, 0.3) is 54.9 Å². The first-order valence-electron chi connectivity index (χ1n) is 16.9. The van der Waals surface area contributed by atoms with Crippen LogP contribution in [-0.4, -0.2) is 9.55 Å². The molecule has 2 heterocycles. The number of fused-ring (bicyclic) bond motifs is 6. The third-order valence-electron chi connectivity index (χ3n) is 9.40. The molecule has 0 spiro atoms. The zero-order valence-corrected chi connectivity index (χ0v) is 27.4. The van der Waals surface area contributed by atoms with E-state index in [4.69, 9.17) is 9.40 Å². The van der Waals surface area contributed by atoms with E-state index >= 15 is 0 Å². The SMILES string of the molecule is C=C(/C=C\C=C1\C=CC=CC1)c1ccc(N(c2ccc3c(c2)c2ccccc2n3-c2ccccc2)c2nc3ccc4ccccc4c3o2)cc1. The molecule has 0 aliphatic heterocycles. The van der Waals surface area contributed by atoms with Crippen molar-refractivity contribution in [3.05, 3.63) is 194 Å². The van der Waals surface area contributed by atoms with Crippen LogP contribution < -0.4 is 4.90 Å². The number of para-hydroxylation sites is 2. The number of nitrogens with zero attached hydrogens (tertiary/aromatic N) is 3. The number of benzene rings is 6. The molecule has 0 saturated carbocycles. The van der Waals surface area contributed by atoms with Crippen LogP contribution in [0.3, 0.4) is 0 Å². The van der Waals surface area contributed by atoms with Crippen LogP contribution in [0.2, 0.25) is 0 Å². The van der Waals surface area contributed by atoms with E-state index in [1.54, 1.807) is 0 Å². The van der Waals surface area contributed by atoms with Gasteiger partial charge in [-0.3, -0.25) is 4.90 Å². The molecule has 6 aromatic carbocycles. The van der Waals surface area contributed by atoms with E-state index < -0.39 is 0 Å². The van der Waals surface area contributed by atoms with Crippen LogP contribution in [0.4, 0.5) is 17.4 Å². The van der Waals surface area contributed by atoms with Gasteiger partial charge in [0.15, 0.2) is 5.58 Å². The molecule has 0 bridgehead atoms. The maximum absolute atomic E-state index is 6.68. The highest BCUT2D eigenvalue weighted by atomic mass is 16.4. The molecule has 1 aliphatic rings. The molecule has 1 aliphatic carbocycles. The van der Waals surface area contributed by atoms with Crippen LogP contribution in [0, 0.1) is 0 Å². The van der Waals surface area contributed by atoms with Gasteiger partial charge in [0.05, 0.1) is 22.4 Å². The molecule has 50 heavy (non-hydrogen) atoms. The van der Waals surface area contributed by atoms with E-state index in [2.05, 4.69) is 174 Å². The Morgan fingerprint density at radius 1 is 0.720 bits per heavy atom. The third kappa shape index (κ3) is 5.24. The number of anilines is 3. The first-order valence-corrected chi connectivity index (χ1v) is 16.9. The molecule has 4 heteroatoms. The fourth-order valence-corrected chi connectivity index (χ4v) is 6.93. The second kappa shape index (κ2) is 12.4. The predicted octanol–water partition coefficient (Wildman–Crippen LogP) is 12.6. The Hall–Kier alpha value is -6.65. The Morgan fingerprint density at radius 3 is 2.32 bits per heavy atom. The molecular formula is C46H33N3O. The molecule has 2 aromatic heterocycles. The minimum Gasteiger partial charge on any atom is -0.422 e. The second-order valence-electron chi connectivity index (χ2n) is 12.5. The Labute approximate surface area is 290 Å². The molecule has 9 rings (SSSR count). The van der Waals surface area contributed by atoms with Gasteiger partial charge in [0.1, 0.15) is 5.52 Å². The maximum atomic E-state index is 6.68. The highest BCUT2D eigenvalue weighted by Crippen LogP contribution is 2.41. The van der Waals surface area contributed by atoms with Crippen LogP contribution in [0.15, 0.2) is 193 Å². The number of oxazole rings is 1. The zero-order chi connectivity index (χ0) is 33.4. The Bertz CT molecular complexity index is 2680. The highest BCUT2D eigenvalue weighted by Gasteiger charge is 2.22. The summed E-state index contributed by atoms with van der Waals surface area (Å²) in [6, 6.07) is 47.1. The normalized spacial score (nSPS) is 13.8. The molecule has 4 nitrogen and oxygen atoms in total. The monoisotopic (exact) mass is 643 g/mol. The summed E-state index contributed by atoms with van der Waals surface area (Å²) >= 11 is 0. The number of hydrogen-bond acceptors (Lipinski definition) is 3. The quantitative estimate of drug-likeness (QED) is 0.162. The lowest BCUT2D eigenvalue weighted by molar-refractivity contribution is 0.611. The summed E-state index contributed by atoms with van der Waals surface area (Å²) < 4.78 is 9.01. The van der Waals surface area contributed by atoms with Crippen molar-refractivity contribution < 1.29 is 4.42 Å². The number of allylic oxidation sites excluding steroid dienone is 9. The van der Waals surface area contributed by atoms with E-state index in [1.807, 2.05) is 18.2 Å². The van der Waals surface area contributed by atoms with Gasteiger partial charge in [0, 0.05) is 21.8 Å². The topological polar surface area (TPSA) is 34.2 Å². The second-order valence-corrected chi connectivity index (χ2v) is 12.5. The van der Waals surface area contributed by atoms with E-state index in [-0.39, 0.29) is 0 Å². The number of aromatic nitrogens is 2. The molecule has 0 unspecified atom stereocenters. The summed E-state index contributed by atoms with van der Waals surface area (Å²) in [5.41, 5.74) is 10.2. The van der Waals surface area contributed by atoms with Gasteiger partial charge in [0.25, 0.3) is 0 Å². The highest BCUT2D eigenvalue weighted by molar-refractivity contribution is 6.11. The summed E-state index contributed by atoms with van der Waals surface area (Å²) in [6.45, 7) is 4.35. The molecule has 8 aromatic rings. The third-order valence-corrected chi connectivity index (χ3v) is 9.40. The van der Waals surface area contributed by atoms with Crippen molar-refractivity contribution in [2.24, 2.45) is 0 Å². The summed E-state index contributed by atoms with van der Waals surface area (Å²) in [6.07, 6.45) is 15.7. The van der Waals surface area contributed by atoms with Gasteiger partial charge in [-0.1, -0.05) is 128 Å². The summed E-state index contributed by atoms with van der Waals surface area (Å²) in [4.78, 5) is 7.17.